The molecule has 2 saturated heterocycles. The lowest BCUT2D eigenvalue weighted by molar-refractivity contribution is -0.121. The van der Waals surface area contributed by atoms with E-state index in [-0.39, 0.29) is 11.9 Å². The predicted molar refractivity (Wildman–Crippen MR) is 85.8 cm³/mol. The lowest BCUT2D eigenvalue weighted by Gasteiger charge is -2.31. The minimum atomic E-state index is -0.0887. The number of piperazine rings is 1. The van der Waals surface area contributed by atoms with Gasteiger partial charge in [-0.2, -0.15) is 0 Å². The van der Waals surface area contributed by atoms with Crippen molar-refractivity contribution in [2.45, 2.75) is 18.9 Å². The number of likely N-dealkylation sites (N-methyl/N-ethyl adjacent to an activating group) is 1. The van der Waals surface area contributed by atoms with Crippen molar-refractivity contribution in [2.75, 3.05) is 50.0 Å². The smallest absolute Gasteiger partial charge is 0.243 e. The number of nitrogens with zero attached hydrogens (tertiary/aromatic N) is 2. The molecule has 5 heteroatoms. The third kappa shape index (κ3) is 3.36. The molecule has 5 nitrogen and oxygen atoms in total. The lowest BCUT2D eigenvalue weighted by Crippen LogP contribution is -2.54. The third-order valence-corrected chi connectivity index (χ3v) is 4.40. The van der Waals surface area contributed by atoms with Crippen molar-refractivity contribution in [2.24, 2.45) is 0 Å². The van der Waals surface area contributed by atoms with Crippen molar-refractivity contribution in [1.82, 2.24) is 10.2 Å². The molecule has 2 N–H and O–H groups in total. The van der Waals surface area contributed by atoms with Crippen LogP contribution in [0.3, 0.4) is 0 Å². The molecule has 0 spiro atoms. The van der Waals surface area contributed by atoms with Gasteiger partial charge in [-0.15, -0.1) is 0 Å². The van der Waals surface area contributed by atoms with Crippen molar-refractivity contribution in [3.8, 4) is 0 Å². The molecule has 1 aromatic rings. The van der Waals surface area contributed by atoms with Crippen LogP contribution in [0.15, 0.2) is 24.3 Å². The number of carbonyl (C=O) groups is 1. The zero-order chi connectivity index (χ0) is 14.7. The summed E-state index contributed by atoms with van der Waals surface area (Å²) in [6.07, 6.45) is 2.52. The first-order chi connectivity index (χ1) is 10.2. The van der Waals surface area contributed by atoms with Gasteiger partial charge in [0.1, 0.15) is 6.04 Å². The summed E-state index contributed by atoms with van der Waals surface area (Å²) in [5, 5.41) is 6.34. The largest absolute Gasteiger partial charge is 0.371 e. The average Bonchev–Trinajstić information content (AvgIpc) is 3.02. The summed E-state index contributed by atoms with van der Waals surface area (Å²) in [7, 11) is 2.01. The second kappa shape index (κ2) is 6.45. The van der Waals surface area contributed by atoms with Crippen LogP contribution in [0.4, 0.5) is 11.4 Å². The second-order valence-electron chi connectivity index (χ2n) is 5.93. The third-order valence-electron chi connectivity index (χ3n) is 4.40. The minimum Gasteiger partial charge on any atom is -0.371 e. The number of nitrogens with one attached hydrogen (secondary N) is 2. The van der Waals surface area contributed by atoms with Gasteiger partial charge in [0.25, 0.3) is 0 Å². The van der Waals surface area contributed by atoms with Crippen LogP contribution in [0, 0.1) is 0 Å². The van der Waals surface area contributed by atoms with E-state index in [1.54, 1.807) is 0 Å². The van der Waals surface area contributed by atoms with Crippen molar-refractivity contribution in [1.29, 1.82) is 0 Å². The Labute approximate surface area is 126 Å². The molecule has 0 unspecified atom stereocenters. The maximum atomic E-state index is 12.4. The molecule has 114 valence electrons. The Bertz CT molecular complexity index is 499. The first kappa shape index (κ1) is 14.4. The number of anilines is 2. The molecule has 0 radical (unpaired) electrons. The predicted octanol–water partition coefficient (Wildman–Crippen LogP) is 1.13. The highest BCUT2D eigenvalue weighted by atomic mass is 16.2. The quantitative estimate of drug-likeness (QED) is 0.875. The molecule has 2 aliphatic rings. The van der Waals surface area contributed by atoms with Gasteiger partial charge in [-0.25, -0.2) is 0 Å². The summed E-state index contributed by atoms with van der Waals surface area (Å²) in [6, 6.07) is 8.10. The minimum absolute atomic E-state index is 0.0725. The van der Waals surface area contributed by atoms with Gasteiger partial charge in [0.2, 0.25) is 5.91 Å². The summed E-state index contributed by atoms with van der Waals surface area (Å²) in [6.45, 7) is 4.81. The molecular formula is C16H24N4O. The molecule has 0 aromatic heterocycles. The summed E-state index contributed by atoms with van der Waals surface area (Å²) >= 11 is 0. The first-order valence-corrected chi connectivity index (χ1v) is 7.81. The van der Waals surface area contributed by atoms with E-state index < -0.39 is 0 Å². The Morgan fingerprint density at radius 1 is 1.29 bits per heavy atom. The zero-order valence-electron chi connectivity index (χ0n) is 12.6. The van der Waals surface area contributed by atoms with Gasteiger partial charge in [0.05, 0.1) is 0 Å². The van der Waals surface area contributed by atoms with E-state index in [0.717, 1.165) is 31.9 Å². The monoisotopic (exact) mass is 288 g/mol. The highest BCUT2D eigenvalue weighted by Gasteiger charge is 2.25. The Morgan fingerprint density at radius 2 is 2.10 bits per heavy atom. The molecule has 2 heterocycles. The van der Waals surface area contributed by atoms with Gasteiger partial charge in [0, 0.05) is 44.1 Å². The number of hydrogen-bond donors (Lipinski definition) is 2. The van der Waals surface area contributed by atoms with Crippen molar-refractivity contribution < 1.29 is 4.79 Å². The van der Waals surface area contributed by atoms with E-state index in [0.29, 0.717) is 6.54 Å². The fourth-order valence-electron chi connectivity index (χ4n) is 3.08. The van der Waals surface area contributed by atoms with E-state index in [9.17, 15) is 4.79 Å². The van der Waals surface area contributed by atoms with Crippen LogP contribution in [0.25, 0.3) is 0 Å². The number of benzene rings is 1. The summed E-state index contributed by atoms with van der Waals surface area (Å²) in [4.78, 5) is 16.9. The standard InChI is InChI=1S/C16H24N4O/c1-19-10-7-17-12-15(19)16(21)18-13-5-4-6-14(11-13)20-8-2-3-9-20/h4-6,11,15,17H,2-3,7-10,12H2,1H3,(H,18,21)/t15-/m0/s1. The number of amides is 1. The van der Waals surface area contributed by atoms with Crippen LogP contribution in [0.2, 0.25) is 0 Å². The first-order valence-electron chi connectivity index (χ1n) is 7.81. The zero-order valence-corrected chi connectivity index (χ0v) is 12.6. The van der Waals surface area contributed by atoms with Gasteiger partial charge in [0.15, 0.2) is 0 Å². The van der Waals surface area contributed by atoms with Gasteiger partial charge < -0.3 is 15.5 Å². The maximum Gasteiger partial charge on any atom is 0.243 e. The lowest BCUT2D eigenvalue weighted by atomic mass is 10.2. The van der Waals surface area contributed by atoms with E-state index in [4.69, 9.17) is 0 Å². The molecule has 0 saturated carbocycles. The van der Waals surface area contributed by atoms with E-state index in [2.05, 4.69) is 32.6 Å². The fourth-order valence-corrected chi connectivity index (χ4v) is 3.08. The molecule has 1 aromatic carbocycles. The fraction of sp³-hybridized carbons (Fsp3) is 0.562. The topological polar surface area (TPSA) is 47.6 Å². The van der Waals surface area contributed by atoms with Crippen LogP contribution >= 0.6 is 0 Å². The number of hydrogen-bond acceptors (Lipinski definition) is 4. The Hall–Kier alpha value is -1.59. The molecule has 1 atom stereocenters. The van der Waals surface area contributed by atoms with Gasteiger partial charge in [-0.05, 0) is 38.1 Å². The Balaban J connectivity index is 1.66. The molecule has 0 bridgehead atoms. The van der Waals surface area contributed by atoms with Crippen LogP contribution in [0.5, 0.6) is 0 Å². The summed E-state index contributed by atoms with van der Waals surface area (Å²) in [5.74, 6) is 0.0725. The molecule has 21 heavy (non-hydrogen) atoms. The van der Waals surface area contributed by atoms with E-state index in [1.807, 2.05) is 19.2 Å². The van der Waals surface area contributed by atoms with Crippen LogP contribution in [0.1, 0.15) is 12.8 Å². The van der Waals surface area contributed by atoms with Gasteiger partial charge in [-0.1, -0.05) is 6.07 Å². The second-order valence-corrected chi connectivity index (χ2v) is 5.93. The van der Waals surface area contributed by atoms with Gasteiger partial charge in [-0.3, -0.25) is 9.69 Å². The highest BCUT2D eigenvalue weighted by molar-refractivity contribution is 5.95. The molecular weight excluding hydrogens is 264 g/mol. The molecule has 2 fully saturated rings. The van der Waals surface area contributed by atoms with Crippen molar-refractivity contribution in [3.63, 3.8) is 0 Å². The molecule has 2 aliphatic heterocycles. The van der Waals surface area contributed by atoms with Gasteiger partial charge >= 0.3 is 0 Å². The van der Waals surface area contributed by atoms with Crippen LogP contribution in [-0.2, 0) is 4.79 Å². The van der Waals surface area contributed by atoms with Crippen molar-refractivity contribution in [3.05, 3.63) is 24.3 Å². The van der Waals surface area contributed by atoms with Crippen LogP contribution in [-0.4, -0.2) is 56.6 Å². The average molecular weight is 288 g/mol. The SMILES string of the molecule is CN1CCNC[C@H]1C(=O)Nc1cccc(N2CCCC2)c1. The van der Waals surface area contributed by atoms with Crippen LogP contribution < -0.4 is 15.5 Å². The van der Waals surface area contributed by atoms with E-state index in [1.165, 1.54) is 18.5 Å². The Morgan fingerprint density at radius 3 is 2.86 bits per heavy atom. The molecule has 3 rings (SSSR count). The Kier molecular flexibility index (Phi) is 4.41. The summed E-state index contributed by atoms with van der Waals surface area (Å²) < 4.78 is 0. The maximum absolute atomic E-state index is 12.4. The van der Waals surface area contributed by atoms with Crippen molar-refractivity contribution >= 4 is 17.3 Å². The number of rotatable bonds is 3. The molecule has 0 aliphatic carbocycles. The number of carbonyl (C=O) groups excluding carboxylic acids is 1. The highest BCUT2D eigenvalue weighted by Crippen LogP contribution is 2.23. The normalized spacial score (nSPS) is 23.3. The summed E-state index contributed by atoms with van der Waals surface area (Å²) in [5.41, 5.74) is 2.10. The molecule has 1 amide bonds. The van der Waals surface area contributed by atoms with E-state index >= 15 is 0 Å².